The van der Waals surface area contributed by atoms with Gasteiger partial charge in [0.15, 0.2) is 11.5 Å². The summed E-state index contributed by atoms with van der Waals surface area (Å²) in [5, 5.41) is 0. The van der Waals surface area contributed by atoms with E-state index in [1.165, 1.54) is 17.7 Å². The first-order chi connectivity index (χ1) is 11.5. The van der Waals surface area contributed by atoms with Gasteiger partial charge in [-0.15, -0.1) is 0 Å². The first kappa shape index (κ1) is 18.3. The number of benzene rings is 2. The first-order valence-corrected chi connectivity index (χ1v) is 8.19. The fraction of sp³-hybridized carbons (Fsp3) is 0.400. The normalized spacial score (nSPS) is 12.2. The molecular formula is C20H26FNO2. The lowest BCUT2D eigenvalue weighted by Crippen LogP contribution is -2.32. The van der Waals surface area contributed by atoms with Gasteiger partial charge in [0.1, 0.15) is 5.82 Å². The Morgan fingerprint density at radius 2 is 1.58 bits per heavy atom. The molecule has 0 heterocycles. The zero-order valence-electron chi connectivity index (χ0n) is 14.9. The topological polar surface area (TPSA) is 21.7 Å². The van der Waals surface area contributed by atoms with E-state index < -0.39 is 0 Å². The molecule has 0 spiro atoms. The van der Waals surface area contributed by atoms with E-state index >= 15 is 0 Å². The molecule has 2 rings (SSSR count). The predicted octanol–water partition coefficient (Wildman–Crippen LogP) is 3.95. The second-order valence-electron chi connectivity index (χ2n) is 6.10. The monoisotopic (exact) mass is 331 g/mol. The molecule has 2 aromatic rings. The number of likely N-dealkylation sites (N-methyl/N-ethyl adjacent to an activating group) is 1. The average Bonchev–Trinajstić information content (AvgIpc) is 2.61. The summed E-state index contributed by atoms with van der Waals surface area (Å²) in [5.74, 6) is 1.32. The Hall–Kier alpha value is -2.07. The second-order valence-corrected chi connectivity index (χ2v) is 6.10. The van der Waals surface area contributed by atoms with Gasteiger partial charge in [-0.2, -0.15) is 0 Å². The van der Waals surface area contributed by atoms with E-state index in [4.69, 9.17) is 9.47 Å². The molecule has 24 heavy (non-hydrogen) atoms. The van der Waals surface area contributed by atoms with Crippen LogP contribution in [0.25, 0.3) is 0 Å². The lowest BCUT2D eigenvalue weighted by atomic mass is 10.1. The minimum atomic E-state index is -0.187. The molecule has 0 saturated heterocycles. The number of halogens is 1. The van der Waals surface area contributed by atoms with Gasteiger partial charge in [0.2, 0.25) is 0 Å². The van der Waals surface area contributed by atoms with Crippen molar-refractivity contribution < 1.29 is 13.9 Å². The van der Waals surface area contributed by atoms with Gasteiger partial charge in [0.25, 0.3) is 0 Å². The SMILES string of the molecule is COc1ccc(CCN(C)[C@@H](C)Cc2ccc(F)cc2)cc1OC. The maximum Gasteiger partial charge on any atom is 0.160 e. The molecule has 0 aliphatic rings. The van der Waals surface area contributed by atoms with Crippen molar-refractivity contribution in [1.82, 2.24) is 4.90 Å². The molecule has 3 nitrogen and oxygen atoms in total. The van der Waals surface area contributed by atoms with Crippen molar-refractivity contribution in [2.75, 3.05) is 27.8 Å². The minimum Gasteiger partial charge on any atom is -0.493 e. The molecule has 0 radical (unpaired) electrons. The average molecular weight is 331 g/mol. The Morgan fingerprint density at radius 1 is 0.958 bits per heavy atom. The molecule has 2 aromatic carbocycles. The summed E-state index contributed by atoms with van der Waals surface area (Å²) in [6.07, 6.45) is 1.84. The Balaban J connectivity index is 1.89. The third-order valence-corrected chi connectivity index (χ3v) is 4.40. The van der Waals surface area contributed by atoms with Crippen molar-refractivity contribution in [2.24, 2.45) is 0 Å². The summed E-state index contributed by atoms with van der Waals surface area (Å²) < 4.78 is 23.6. The van der Waals surface area contributed by atoms with Gasteiger partial charge in [-0.3, -0.25) is 0 Å². The maximum absolute atomic E-state index is 13.0. The van der Waals surface area contributed by atoms with Crippen LogP contribution in [-0.2, 0) is 12.8 Å². The van der Waals surface area contributed by atoms with Crippen molar-refractivity contribution in [3.8, 4) is 11.5 Å². The van der Waals surface area contributed by atoms with Crippen LogP contribution in [0, 0.1) is 5.82 Å². The standard InChI is InChI=1S/C20H26FNO2/c1-15(13-16-5-8-18(21)9-6-16)22(2)12-11-17-7-10-19(23-3)20(14-17)24-4/h5-10,14-15H,11-13H2,1-4H3/t15-/m0/s1. The van der Waals surface area contributed by atoms with E-state index in [0.717, 1.165) is 36.4 Å². The molecule has 0 fully saturated rings. The lowest BCUT2D eigenvalue weighted by molar-refractivity contribution is 0.259. The Bertz CT molecular complexity index is 643. The lowest BCUT2D eigenvalue weighted by Gasteiger charge is -2.25. The highest BCUT2D eigenvalue weighted by atomic mass is 19.1. The number of hydrogen-bond acceptors (Lipinski definition) is 3. The van der Waals surface area contributed by atoms with Crippen LogP contribution in [0.2, 0.25) is 0 Å². The van der Waals surface area contributed by atoms with E-state index in [2.05, 4.69) is 24.9 Å². The van der Waals surface area contributed by atoms with E-state index in [9.17, 15) is 4.39 Å². The molecule has 0 saturated carbocycles. The predicted molar refractivity (Wildman–Crippen MR) is 95.4 cm³/mol. The van der Waals surface area contributed by atoms with Crippen LogP contribution >= 0.6 is 0 Å². The van der Waals surface area contributed by atoms with Crippen LogP contribution in [0.1, 0.15) is 18.1 Å². The van der Waals surface area contributed by atoms with E-state index in [1.54, 1.807) is 14.2 Å². The van der Waals surface area contributed by atoms with Crippen LogP contribution in [0.3, 0.4) is 0 Å². The number of methoxy groups -OCH3 is 2. The van der Waals surface area contributed by atoms with Crippen molar-refractivity contribution >= 4 is 0 Å². The van der Waals surface area contributed by atoms with Crippen molar-refractivity contribution in [3.63, 3.8) is 0 Å². The highest BCUT2D eigenvalue weighted by Crippen LogP contribution is 2.27. The quantitative estimate of drug-likeness (QED) is 0.731. The largest absolute Gasteiger partial charge is 0.493 e. The van der Waals surface area contributed by atoms with Crippen molar-refractivity contribution in [2.45, 2.75) is 25.8 Å². The summed E-state index contributed by atoms with van der Waals surface area (Å²) in [4.78, 5) is 2.32. The summed E-state index contributed by atoms with van der Waals surface area (Å²) in [5.41, 5.74) is 2.37. The molecule has 0 aliphatic heterocycles. The van der Waals surface area contributed by atoms with Crippen LogP contribution in [-0.4, -0.2) is 38.8 Å². The van der Waals surface area contributed by atoms with Gasteiger partial charge < -0.3 is 14.4 Å². The maximum atomic E-state index is 13.0. The Morgan fingerprint density at radius 3 is 2.21 bits per heavy atom. The number of hydrogen-bond donors (Lipinski definition) is 0. The first-order valence-electron chi connectivity index (χ1n) is 8.19. The minimum absolute atomic E-state index is 0.187. The van der Waals surface area contributed by atoms with Gasteiger partial charge in [0, 0.05) is 12.6 Å². The smallest absolute Gasteiger partial charge is 0.160 e. The molecule has 0 amide bonds. The van der Waals surface area contributed by atoms with E-state index in [0.29, 0.717) is 6.04 Å². The van der Waals surface area contributed by atoms with Crippen LogP contribution < -0.4 is 9.47 Å². The molecular weight excluding hydrogens is 305 g/mol. The summed E-state index contributed by atoms with van der Waals surface area (Å²) in [7, 11) is 5.41. The summed E-state index contributed by atoms with van der Waals surface area (Å²) in [6.45, 7) is 3.13. The van der Waals surface area contributed by atoms with Gasteiger partial charge >= 0.3 is 0 Å². The zero-order chi connectivity index (χ0) is 17.5. The number of nitrogens with zero attached hydrogens (tertiary/aromatic N) is 1. The Kier molecular flexibility index (Phi) is 6.62. The molecule has 4 heteroatoms. The van der Waals surface area contributed by atoms with Gasteiger partial charge in [0.05, 0.1) is 14.2 Å². The van der Waals surface area contributed by atoms with E-state index in [1.807, 2.05) is 24.3 Å². The van der Waals surface area contributed by atoms with Gasteiger partial charge in [-0.25, -0.2) is 4.39 Å². The molecule has 0 N–H and O–H groups in total. The van der Waals surface area contributed by atoms with Crippen LogP contribution in [0.4, 0.5) is 4.39 Å². The third kappa shape index (κ3) is 4.96. The highest BCUT2D eigenvalue weighted by molar-refractivity contribution is 5.42. The third-order valence-electron chi connectivity index (χ3n) is 4.40. The van der Waals surface area contributed by atoms with E-state index in [-0.39, 0.29) is 5.82 Å². The summed E-state index contributed by atoms with van der Waals surface area (Å²) in [6, 6.07) is 13.2. The molecule has 0 unspecified atom stereocenters. The molecule has 0 aliphatic carbocycles. The highest BCUT2D eigenvalue weighted by Gasteiger charge is 2.11. The van der Waals surface area contributed by atoms with Crippen LogP contribution in [0.15, 0.2) is 42.5 Å². The zero-order valence-corrected chi connectivity index (χ0v) is 14.9. The summed E-state index contributed by atoms with van der Waals surface area (Å²) >= 11 is 0. The molecule has 0 aromatic heterocycles. The van der Waals surface area contributed by atoms with Crippen molar-refractivity contribution in [1.29, 1.82) is 0 Å². The molecule has 1 atom stereocenters. The van der Waals surface area contributed by atoms with Crippen molar-refractivity contribution in [3.05, 3.63) is 59.4 Å². The number of ether oxygens (including phenoxy) is 2. The second kappa shape index (κ2) is 8.69. The van der Waals surface area contributed by atoms with Crippen LogP contribution in [0.5, 0.6) is 11.5 Å². The van der Waals surface area contributed by atoms with Gasteiger partial charge in [-0.05, 0) is 62.2 Å². The number of rotatable bonds is 8. The Labute approximate surface area is 144 Å². The molecule has 0 bridgehead atoms. The molecule has 130 valence electrons. The van der Waals surface area contributed by atoms with Gasteiger partial charge in [-0.1, -0.05) is 18.2 Å². The fourth-order valence-corrected chi connectivity index (χ4v) is 2.68. The fourth-order valence-electron chi connectivity index (χ4n) is 2.68.